The van der Waals surface area contributed by atoms with Gasteiger partial charge < -0.3 is 14.4 Å². The van der Waals surface area contributed by atoms with Crippen LogP contribution in [0.3, 0.4) is 0 Å². The van der Waals surface area contributed by atoms with Crippen LogP contribution in [-0.2, 0) is 14.3 Å². The molecule has 6 unspecified atom stereocenters. The summed E-state index contributed by atoms with van der Waals surface area (Å²) in [6.07, 6.45) is 3.33. The van der Waals surface area contributed by atoms with Crippen LogP contribution in [0.15, 0.2) is 24.3 Å². The third-order valence-electron chi connectivity index (χ3n) is 6.70. The molecule has 2 aliphatic heterocycles. The molecule has 4 nitrogen and oxygen atoms in total. The van der Waals surface area contributed by atoms with Crippen LogP contribution in [0.2, 0.25) is 0 Å². The molecule has 0 spiro atoms. The Morgan fingerprint density at radius 1 is 1.23 bits per heavy atom. The highest BCUT2D eigenvalue weighted by Gasteiger charge is 2.51. The first-order chi connectivity index (χ1) is 12.5. The topological polar surface area (TPSA) is 38.8 Å². The quantitative estimate of drug-likeness (QED) is 0.760. The van der Waals surface area contributed by atoms with Gasteiger partial charge in [0.15, 0.2) is 0 Å². The molecular formula is C22H31NO3. The monoisotopic (exact) mass is 357 g/mol. The number of rotatable bonds is 3. The highest BCUT2D eigenvalue weighted by atomic mass is 16.7. The van der Waals surface area contributed by atoms with Crippen LogP contribution in [0.4, 0.5) is 5.69 Å². The Labute approximate surface area is 156 Å². The van der Waals surface area contributed by atoms with E-state index in [1.165, 1.54) is 12.8 Å². The molecule has 4 heteroatoms. The maximum Gasteiger partial charge on any atom is 0.316 e. The van der Waals surface area contributed by atoms with Gasteiger partial charge in [-0.3, -0.25) is 4.79 Å². The van der Waals surface area contributed by atoms with Gasteiger partial charge in [0.25, 0.3) is 0 Å². The van der Waals surface area contributed by atoms with Gasteiger partial charge in [0.05, 0.1) is 17.9 Å². The van der Waals surface area contributed by atoms with Crippen molar-refractivity contribution in [3.05, 3.63) is 29.8 Å². The van der Waals surface area contributed by atoms with E-state index in [-0.39, 0.29) is 23.9 Å². The van der Waals surface area contributed by atoms with Crippen molar-refractivity contribution < 1.29 is 14.3 Å². The smallest absolute Gasteiger partial charge is 0.316 e. The van der Waals surface area contributed by atoms with Crippen LogP contribution in [0.5, 0.6) is 0 Å². The summed E-state index contributed by atoms with van der Waals surface area (Å²) in [5.41, 5.74) is 2.22. The highest BCUT2D eigenvalue weighted by molar-refractivity contribution is 5.84. The zero-order valence-corrected chi connectivity index (χ0v) is 16.4. The lowest BCUT2D eigenvalue weighted by atomic mass is 9.75. The summed E-state index contributed by atoms with van der Waals surface area (Å²) in [6, 6.07) is 8.19. The van der Waals surface area contributed by atoms with Crippen molar-refractivity contribution in [3.63, 3.8) is 0 Å². The van der Waals surface area contributed by atoms with Gasteiger partial charge >= 0.3 is 5.97 Å². The minimum Gasteiger partial charge on any atom is -0.435 e. The fourth-order valence-electron chi connectivity index (χ4n) is 5.24. The Hall–Kier alpha value is -1.55. The molecule has 1 aromatic carbocycles. The second-order valence-electron chi connectivity index (χ2n) is 8.89. The van der Waals surface area contributed by atoms with Crippen molar-refractivity contribution in [1.82, 2.24) is 0 Å². The predicted octanol–water partition coefficient (Wildman–Crippen LogP) is 4.20. The summed E-state index contributed by atoms with van der Waals surface area (Å²) in [5.74, 6) is 1.59. The SMILES string of the molecule is CC1CCC(C(C)C)C(OC2OC(=O)C3c4ccccc4N(C)CC23)C1. The molecule has 0 bridgehead atoms. The number of hydrogen-bond donors (Lipinski definition) is 0. The molecule has 142 valence electrons. The summed E-state index contributed by atoms with van der Waals surface area (Å²) in [4.78, 5) is 14.9. The maximum absolute atomic E-state index is 12.7. The molecule has 3 aliphatic rings. The second kappa shape index (κ2) is 6.88. The van der Waals surface area contributed by atoms with E-state index in [9.17, 15) is 4.79 Å². The molecule has 26 heavy (non-hydrogen) atoms. The van der Waals surface area contributed by atoms with Gasteiger partial charge in [-0.2, -0.15) is 0 Å². The van der Waals surface area contributed by atoms with E-state index in [0.717, 1.165) is 24.2 Å². The summed E-state index contributed by atoms with van der Waals surface area (Å²) in [6.45, 7) is 7.67. The van der Waals surface area contributed by atoms with Crippen molar-refractivity contribution in [2.24, 2.45) is 23.7 Å². The van der Waals surface area contributed by atoms with Gasteiger partial charge in [-0.15, -0.1) is 0 Å². The number of esters is 1. The Morgan fingerprint density at radius 3 is 2.77 bits per heavy atom. The largest absolute Gasteiger partial charge is 0.435 e. The van der Waals surface area contributed by atoms with Gasteiger partial charge in [-0.25, -0.2) is 0 Å². The third kappa shape index (κ3) is 3.02. The molecule has 0 N–H and O–H groups in total. The first-order valence-corrected chi connectivity index (χ1v) is 10.1. The van der Waals surface area contributed by atoms with Gasteiger partial charge in [-0.05, 0) is 42.2 Å². The minimum absolute atomic E-state index is 0.0763. The number of nitrogens with zero attached hydrogens (tertiary/aromatic N) is 1. The van der Waals surface area contributed by atoms with Gasteiger partial charge in [-0.1, -0.05) is 45.4 Å². The van der Waals surface area contributed by atoms with E-state index < -0.39 is 6.29 Å². The van der Waals surface area contributed by atoms with Crippen LogP contribution in [0, 0.1) is 23.7 Å². The first-order valence-electron chi connectivity index (χ1n) is 10.1. The van der Waals surface area contributed by atoms with Gasteiger partial charge in [0, 0.05) is 19.3 Å². The summed E-state index contributed by atoms with van der Waals surface area (Å²) >= 11 is 0. The van der Waals surface area contributed by atoms with E-state index in [2.05, 4.69) is 44.9 Å². The number of benzene rings is 1. The zero-order valence-electron chi connectivity index (χ0n) is 16.4. The van der Waals surface area contributed by atoms with Crippen molar-refractivity contribution in [2.75, 3.05) is 18.5 Å². The lowest BCUT2D eigenvalue weighted by Crippen LogP contribution is -2.43. The Balaban J connectivity index is 1.57. The molecule has 1 aliphatic carbocycles. The van der Waals surface area contributed by atoms with Crippen molar-refractivity contribution in [1.29, 1.82) is 0 Å². The van der Waals surface area contributed by atoms with Crippen LogP contribution < -0.4 is 4.90 Å². The normalized spacial score (nSPS) is 36.7. The summed E-state index contributed by atoms with van der Waals surface area (Å²) < 4.78 is 12.3. The highest BCUT2D eigenvalue weighted by Crippen LogP contribution is 2.46. The van der Waals surface area contributed by atoms with Crippen molar-refractivity contribution in [3.8, 4) is 0 Å². The van der Waals surface area contributed by atoms with Crippen LogP contribution in [0.25, 0.3) is 0 Å². The predicted molar refractivity (Wildman–Crippen MR) is 102 cm³/mol. The zero-order chi connectivity index (χ0) is 18.4. The summed E-state index contributed by atoms with van der Waals surface area (Å²) in [7, 11) is 2.09. The Morgan fingerprint density at radius 2 is 2.00 bits per heavy atom. The van der Waals surface area contributed by atoms with E-state index in [4.69, 9.17) is 9.47 Å². The van der Waals surface area contributed by atoms with Gasteiger partial charge in [0.2, 0.25) is 6.29 Å². The molecule has 2 heterocycles. The van der Waals surface area contributed by atoms with Crippen LogP contribution in [0.1, 0.15) is 51.5 Å². The molecule has 0 amide bonds. The number of cyclic esters (lactones) is 1. The number of carbonyl (C=O) groups excluding carboxylic acids is 1. The third-order valence-corrected chi connectivity index (χ3v) is 6.70. The number of para-hydroxylation sites is 1. The fourth-order valence-corrected chi connectivity index (χ4v) is 5.24. The maximum atomic E-state index is 12.7. The fraction of sp³-hybridized carbons (Fsp3) is 0.682. The molecule has 4 rings (SSSR count). The minimum atomic E-state index is -0.417. The number of hydrogen-bond acceptors (Lipinski definition) is 4. The van der Waals surface area contributed by atoms with E-state index in [1.807, 2.05) is 12.1 Å². The average Bonchev–Trinajstić information content (AvgIpc) is 2.90. The van der Waals surface area contributed by atoms with Crippen molar-refractivity contribution >= 4 is 11.7 Å². The Bertz CT molecular complexity index is 673. The lowest BCUT2D eigenvalue weighted by Gasteiger charge is -2.40. The van der Waals surface area contributed by atoms with Gasteiger partial charge in [0.1, 0.15) is 0 Å². The molecule has 2 fully saturated rings. The first kappa shape index (κ1) is 17.8. The summed E-state index contributed by atoms with van der Waals surface area (Å²) in [5, 5.41) is 0. The average molecular weight is 357 g/mol. The second-order valence-corrected chi connectivity index (χ2v) is 8.89. The molecule has 6 atom stereocenters. The number of fused-ring (bicyclic) bond motifs is 3. The van der Waals surface area contributed by atoms with E-state index in [0.29, 0.717) is 17.8 Å². The molecular weight excluding hydrogens is 326 g/mol. The molecule has 0 aromatic heterocycles. The Kier molecular flexibility index (Phi) is 4.72. The number of ether oxygens (including phenoxy) is 2. The number of anilines is 1. The molecule has 1 saturated heterocycles. The molecule has 1 aromatic rings. The van der Waals surface area contributed by atoms with Crippen molar-refractivity contribution in [2.45, 2.75) is 58.3 Å². The molecule has 1 saturated carbocycles. The van der Waals surface area contributed by atoms with Crippen LogP contribution in [-0.4, -0.2) is 32.0 Å². The van der Waals surface area contributed by atoms with E-state index >= 15 is 0 Å². The van der Waals surface area contributed by atoms with Crippen LogP contribution >= 0.6 is 0 Å². The number of carbonyl (C=O) groups is 1. The van der Waals surface area contributed by atoms with E-state index in [1.54, 1.807) is 0 Å². The standard InChI is InChI=1S/C22H31NO3/c1-13(2)15-10-9-14(3)11-19(15)25-22-17-12-23(4)18-8-6-5-7-16(18)20(17)21(24)26-22/h5-8,13-15,17,19-20,22H,9-12H2,1-4H3. The molecule has 0 radical (unpaired) electrons. The lowest BCUT2D eigenvalue weighted by molar-refractivity contribution is -0.195.